The number of nitrogens with zero attached hydrogens (tertiary/aromatic N) is 2. The van der Waals surface area contributed by atoms with Gasteiger partial charge in [0.15, 0.2) is 0 Å². The van der Waals surface area contributed by atoms with Crippen LogP contribution >= 0.6 is 0 Å². The van der Waals surface area contributed by atoms with Gasteiger partial charge in [-0.3, -0.25) is 4.79 Å². The molecule has 1 aliphatic heterocycles. The number of carbonyl (C=O) groups is 1. The van der Waals surface area contributed by atoms with Crippen LogP contribution in [-0.4, -0.2) is 27.4 Å². The van der Waals surface area contributed by atoms with Crippen LogP contribution in [0.3, 0.4) is 0 Å². The summed E-state index contributed by atoms with van der Waals surface area (Å²) in [6.45, 7) is 1.06. The van der Waals surface area contributed by atoms with E-state index >= 15 is 0 Å². The standard InChI is InChI=1S/C18H16N4O2/c23-15-8-13(6-7-19-15)14-9-20-17-16(14)18(22-11-21-17)24-10-12-4-2-1-3-5-12/h1-5,8-9,11H,6-7,10H2,(H,19,23)(H,20,21,22). The molecule has 3 aromatic rings. The van der Waals surface area contributed by atoms with Gasteiger partial charge in [0.05, 0.1) is 5.39 Å². The second-order valence-electron chi connectivity index (χ2n) is 5.59. The van der Waals surface area contributed by atoms with Crippen LogP contribution < -0.4 is 10.1 Å². The number of H-pyrrole nitrogens is 1. The van der Waals surface area contributed by atoms with Gasteiger partial charge in [-0.15, -0.1) is 0 Å². The Morgan fingerprint density at radius 3 is 2.88 bits per heavy atom. The van der Waals surface area contributed by atoms with Crippen LogP contribution in [0.15, 0.2) is 48.9 Å². The molecule has 0 fully saturated rings. The van der Waals surface area contributed by atoms with E-state index in [0.717, 1.165) is 28.5 Å². The first-order valence-corrected chi connectivity index (χ1v) is 7.79. The summed E-state index contributed by atoms with van der Waals surface area (Å²) in [5.74, 6) is 0.446. The molecule has 2 N–H and O–H groups in total. The van der Waals surface area contributed by atoms with Crippen LogP contribution in [0.1, 0.15) is 17.5 Å². The lowest BCUT2D eigenvalue weighted by molar-refractivity contribution is -0.116. The van der Waals surface area contributed by atoms with Crippen molar-refractivity contribution in [3.05, 3.63) is 60.1 Å². The minimum atomic E-state index is -0.0748. The molecule has 1 aromatic carbocycles. The fourth-order valence-electron chi connectivity index (χ4n) is 2.84. The molecule has 6 heteroatoms. The molecule has 1 amide bonds. The molecule has 120 valence electrons. The predicted octanol–water partition coefficient (Wildman–Crippen LogP) is 2.44. The van der Waals surface area contributed by atoms with Gasteiger partial charge in [0.2, 0.25) is 11.8 Å². The van der Waals surface area contributed by atoms with E-state index in [1.54, 1.807) is 6.08 Å². The summed E-state index contributed by atoms with van der Waals surface area (Å²) in [7, 11) is 0. The van der Waals surface area contributed by atoms with Gasteiger partial charge < -0.3 is 15.0 Å². The number of amides is 1. The van der Waals surface area contributed by atoms with Gasteiger partial charge in [0, 0.05) is 24.4 Å². The Labute approximate surface area is 138 Å². The van der Waals surface area contributed by atoms with E-state index in [1.807, 2.05) is 36.5 Å². The summed E-state index contributed by atoms with van der Waals surface area (Å²) < 4.78 is 5.92. The number of hydrogen-bond donors (Lipinski definition) is 2. The van der Waals surface area contributed by atoms with Crippen molar-refractivity contribution in [3.63, 3.8) is 0 Å². The number of aromatic amines is 1. The van der Waals surface area contributed by atoms with Crippen LogP contribution in [-0.2, 0) is 11.4 Å². The van der Waals surface area contributed by atoms with Gasteiger partial charge in [-0.05, 0) is 17.6 Å². The molecule has 0 saturated heterocycles. The molecule has 0 radical (unpaired) electrons. The Kier molecular flexibility index (Phi) is 3.70. The van der Waals surface area contributed by atoms with E-state index in [2.05, 4.69) is 20.3 Å². The van der Waals surface area contributed by atoms with Crippen LogP contribution in [0, 0.1) is 0 Å². The molecular formula is C18H16N4O2. The average molecular weight is 320 g/mol. The van der Waals surface area contributed by atoms with Crippen molar-refractivity contribution >= 4 is 22.5 Å². The number of rotatable bonds is 4. The fraction of sp³-hybridized carbons (Fsp3) is 0.167. The number of aromatic nitrogens is 3. The molecule has 6 nitrogen and oxygen atoms in total. The molecule has 0 spiro atoms. The molecule has 0 atom stereocenters. The van der Waals surface area contributed by atoms with Crippen LogP contribution in [0.25, 0.3) is 16.6 Å². The molecule has 1 aliphatic rings. The minimum Gasteiger partial charge on any atom is -0.472 e. The molecule has 4 rings (SSSR count). The van der Waals surface area contributed by atoms with Crippen molar-refractivity contribution in [2.24, 2.45) is 0 Å². The molecule has 0 unspecified atom stereocenters. The highest BCUT2D eigenvalue weighted by Gasteiger charge is 2.18. The zero-order chi connectivity index (χ0) is 16.4. The number of hydrogen-bond acceptors (Lipinski definition) is 4. The van der Waals surface area contributed by atoms with Gasteiger partial charge in [0.25, 0.3) is 0 Å². The second kappa shape index (κ2) is 6.16. The maximum atomic E-state index is 11.6. The largest absolute Gasteiger partial charge is 0.472 e. The maximum absolute atomic E-state index is 11.6. The quantitative estimate of drug-likeness (QED) is 0.774. The van der Waals surface area contributed by atoms with E-state index in [1.165, 1.54) is 6.33 Å². The zero-order valence-corrected chi connectivity index (χ0v) is 13.0. The number of ether oxygens (including phenoxy) is 1. The van der Waals surface area contributed by atoms with Crippen molar-refractivity contribution in [1.29, 1.82) is 0 Å². The van der Waals surface area contributed by atoms with Gasteiger partial charge in [-0.2, -0.15) is 0 Å². The van der Waals surface area contributed by atoms with Crippen molar-refractivity contribution < 1.29 is 9.53 Å². The van der Waals surface area contributed by atoms with Crippen molar-refractivity contribution in [2.75, 3.05) is 6.54 Å². The number of benzene rings is 1. The Morgan fingerprint density at radius 2 is 2.04 bits per heavy atom. The van der Waals surface area contributed by atoms with E-state index in [9.17, 15) is 4.79 Å². The van der Waals surface area contributed by atoms with Crippen molar-refractivity contribution in [3.8, 4) is 5.88 Å². The number of nitrogens with one attached hydrogen (secondary N) is 2. The fourth-order valence-corrected chi connectivity index (χ4v) is 2.84. The molecule has 3 heterocycles. The van der Waals surface area contributed by atoms with Gasteiger partial charge >= 0.3 is 0 Å². The molecule has 0 saturated carbocycles. The zero-order valence-electron chi connectivity index (χ0n) is 13.0. The van der Waals surface area contributed by atoms with Gasteiger partial charge in [-0.25, -0.2) is 9.97 Å². The van der Waals surface area contributed by atoms with Crippen molar-refractivity contribution in [1.82, 2.24) is 20.3 Å². The van der Waals surface area contributed by atoms with Crippen LogP contribution in [0.2, 0.25) is 0 Å². The Bertz CT molecular complexity index is 915. The average Bonchev–Trinajstić information content (AvgIpc) is 3.05. The van der Waals surface area contributed by atoms with E-state index < -0.39 is 0 Å². The molecule has 0 aliphatic carbocycles. The van der Waals surface area contributed by atoms with Crippen LogP contribution in [0.5, 0.6) is 5.88 Å². The smallest absolute Gasteiger partial charge is 0.244 e. The van der Waals surface area contributed by atoms with Gasteiger partial charge in [-0.1, -0.05) is 30.3 Å². The molecular weight excluding hydrogens is 304 g/mol. The van der Waals surface area contributed by atoms with E-state index in [-0.39, 0.29) is 5.91 Å². The first kappa shape index (κ1) is 14.4. The summed E-state index contributed by atoms with van der Waals surface area (Å²) in [6, 6.07) is 9.93. The van der Waals surface area contributed by atoms with Crippen LogP contribution in [0.4, 0.5) is 0 Å². The normalized spacial score (nSPS) is 14.3. The van der Waals surface area contributed by atoms with Crippen molar-refractivity contribution in [2.45, 2.75) is 13.0 Å². The Balaban J connectivity index is 1.71. The third kappa shape index (κ3) is 2.74. The SMILES string of the molecule is O=C1C=C(c2c[nH]c3ncnc(OCc4ccccc4)c23)CCN1. The minimum absolute atomic E-state index is 0.0748. The topological polar surface area (TPSA) is 79.9 Å². The van der Waals surface area contributed by atoms with Gasteiger partial charge in [0.1, 0.15) is 18.6 Å². The second-order valence-corrected chi connectivity index (χ2v) is 5.59. The first-order valence-electron chi connectivity index (χ1n) is 7.79. The van der Waals surface area contributed by atoms with E-state index in [0.29, 0.717) is 24.7 Å². The maximum Gasteiger partial charge on any atom is 0.244 e. The summed E-state index contributed by atoms with van der Waals surface area (Å²) in [5, 5.41) is 3.61. The molecule has 0 bridgehead atoms. The summed E-state index contributed by atoms with van der Waals surface area (Å²) >= 11 is 0. The lowest BCUT2D eigenvalue weighted by Crippen LogP contribution is -2.26. The third-order valence-corrected chi connectivity index (χ3v) is 4.00. The summed E-state index contributed by atoms with van der Waals surface area (Å²) in [6.07, 6.45) is 5.73. The highest BCUT2D eigenvalue weighted by Crippen LogP contribution is 2.32. The Hall–Kier alpha value is -3.15. The predicted molar refractivity (Wildman–Crippen MR) is 90.3 cm³/mol. The third-order valence-electron chi connectivity index (χ3n) is 4.00. The lowest BCUT2D eigenvalue weighted by atomic mass is 10.0. The summed E-state index contributed by atoms with van der Waals surface area (Å²) in [4.78, 5) is 23.3. The summed E-state index contributed by atoms with van der Waals surface area (Å²) in [5.41, 5.74) is 3.65. The lowest BCUT2D eigenvalue weighted by Gasteiger charge is -2.14. The monoisotopic (exact) mass is 320 g/mol. The first-order chi connectivity index (χ1) is 11.8. The molecule has 2 aromatic heterocycles. The number of carbonyl (C=O) groups excluding carboxylic acids is 1. The Morgan fingerprint density at radius 1 is 1.17 bits per heavy atom. The molecule has 24 heavy (non-hydrogen) atoms. The number of fused-ring (bicyclic) bond motifs is 1. The van der Waals surface area contributed by atoms with E-state index in [4.69, 9.17) is 4.74 Å². The highest BCUT2D eigenvalue weighted by molar-refractivity contribution is 6.02. The highest BCUT2D eigenvalue weighted by atomic mass is 16.5.